The zero-order chi connectivity index (χ0) is 74.3. The molecule has 3 heterocycles. The summed E-state index contributed by atoms with van der Waals surface area (Å²) in [6.45, 7) is 41.4. The van der Waals surface area contributed by atoms with Crippen LogP contribution < -0.4 is 63.6 Å². The van der Waals surface area contributed by atoms with E-state index in [4.69, 9.17) is 28.8 Å². The van der Waals surface area contributed by atoms with E-state index in [1.807, 2.05) is 46.0 Å². The Kier molecular flexibility index (Phi) is 42.5. The molecule has 1 aliphatic carbocycles. The Labute approximate surface area is 626 Å². The number of esters is 2. The molecule has 0 unspecified atom stereocenters. The van der Waals surface area contributed by atoms with E-state index in [0.717, 1.165) is 41.3 Å². The first-order valence-electron chi connectivity index (χ1n) is 31.5. The largest absolute Gasteiger partial charge is 0.744 e. The van der Waals surface area contributed by atoms with Crippen molar-refractivity contribution < 1.29 is 141 Å². The molecular weight excluding hydrogens is 1770 g/mol. The number of carbonyl (C=O) groups is 2. The molecule has 1 aromatic heterocycles. The topological polar surface area (TPSA) is 283 Å². The van der Waals surface area contributed by atoms with E-state index in [2.05, 4.69) is 162 Å². The van der Waals surface area contributed by atoms with Crippen LogP contribution >= 0.6 is 32.1 Å². The molecule has 27 heteroatoms. The number of rotatable bonds is 12. The molecule has 0 bridgehead atoms. The fourth-order valence-corrected chi connectivity index (χ4v) is 19.4. The maximum Gasteiger partial charge on any atom is 0.460 e. The van der Waals surface area contributed by atoms with E-state index < -0.39 is 75.9 Å². The van der Waals surface area contributed by atoms with Gasteiger partial charge in [-0.15, -0.1) is 0 Å². The SMILES string of the molecule is CC(C)B(O)O.CC(C)B1OC(C)(C)C(C)(C)O1.CC(C)I=C1C(=O)OC2(CCCC2)OC1=O.CC(C)[I+]c1ccccc1.CC(C)[I+]c1cccs1.Cc1ccc(S(=O)(=O)[O-])cc1.Cc1ccc(S(=O)(=O)[O-])cc1.Cc1ccc(S(=O)(=O)[O-])cc1.Cc1ccc([I+]C(C)C)cc1. The molecule has 9 rings (SSSR count). The molecule has 17 nitrogen and oxygen atoms in total. The molecule has 3 fully saturated rings. The lowest BCUT2D eigenvalue weighted by molar-refractivity contribution is -0.656. The summed E-state index contributed by atoms with van der Waals surface area (Å²) < 4.78 is 124. The van der Waals surface area contributed by atoms with Crippen molar-refractivity contribution in [2.45, 2.75) is 223 Å². The molecule has 6 aromatic rings. The van der Waals surface area contributed by atoms with Gasteiger partial charge in [-0.1, -0.05) is 163 Å². The van der Waals surface area contributed by atoms with Crippen molar-refractivity contribution in [1.29, 1.82) is 0 Å². The fourth-order valence-electron chi connectivity index (χ4n) is 7.37. The maximum absolute atomic E-state index is 11.8. The molecule has 3 aliphatic rings. The summed E-state index contributed by atoms with van der Waals surface area (Å²) in [5.74, 6) is -1.39. The summed E-state index contributed by atoms with van der Waals surface area (Å²) in [5.41, 5.74) is 3.79. The van der Waals surface area contributed by atoms with Gasteiger partial charge in [0.15, 0.2) is 22.4 Å². The van der Waals surface area contributed by atoms with E-state index in [9.17, 15) is 48.5 Å². The molecule has 1 saturated carbocycles. The first kappa shape index (κ1) is 92.2. The number of aryl methyl sites for hydroxylation is 4. The first-order valence-corrected chi connectivity index (χ1v) is 45.9. The van der Waals surface area contributed by atoms with Crippen LogP contribution in [-0.2, 0) is 58.7 Å². The number of halogens is 4. The minimum Gasteiger partial charge on any atom is -0.744 e. The van der Waals surface area contributed by atoms with Crippen molar-refractivity contribution in [3.05, 3.63) is 177 Å². The number of hydrogen-bond acceptors (Lipinski definition) is 18. The molecule has 0 atom stereocenters. The van der Waals surface area contributed by atoms with Gasteiger partial charge in [0.1, 0.15) is 30.4 Å². The zero-order valence-electron chi connectivity index (χ0n) is 59.5. The number of benzene rings is 5. The fraction of sp³-hybridized carbons (Fsp3) is 0.471. The molecule has 1 spiro atoms. The van der Waals surface area contributed by atoms with Crippen molar-refractivity contribution in [2.24, 2.45) is 0 Å². The van der Waals surface area contributed by atoms with Gasteiger partial charge in [-0.05, 0) is 194 Å². The second-order valence-electron chi connectivity index (χ2n) is 25.0. The van der Waals surface area contributed by atoms with Crippen LogP contribution in [0.1, 0.15) is 159 Å². The van der Waals surface area contributed by atoms with E-state index in [1.165, 1.54) is 42.0 Å². The van der Waals surface area contributed by atoms with Gasteiger partial charge in [0.05, 0.1) is 25.9 Å². The normalized spacial score (nSPS) is 15.0. The third kappa shape index (κ3) is 39.5. The average Bonchev–Trinajstić information content (AvgIpc) is 1.69. The summed E-state index contributed by atoms with van der Waals surface area (Å²) in [6, 6.07) is 41.5. The van der Waals surface area contributed by atoms with Crippen LogP contribution in [0.2, 0.25) is 11.6 Å². The summed E-state index contributed by atoms with van der Waals surface area (Å²) in [7, 11) is -14.0. The third-order valence-corrected chi connectivity index (χ3v) is 28.1. The van der Waals surface area contributed by atoms with Crippen LogP contribution in [0.5, 0.6) is 0 Å². The second kappa shape index (κ2) is 44.7. The highest BCUT2D eigenvalue weighted by Crippen LogP contribution is 2.40. The highest BCUT2D eigenvalue weighted by molar-refractivity contribution is 14.2. The summed E-state index contributed by atoms with van der Waals surface area (Å²) >= 11 is 2.14. The van der Waals surface area contributed by atoms with Gasteiger partial charge < -0.3 is 42.5 Å². The molecule has 2 N–H and O–H groups in total. The lowest BCUT2D eigenvalue weighted by Gasteiger charge is -2.32. The summed E-state index contributed by atoms with van der Waals surface area (Å²) in [4.78, 5) is 23.0. The van der Waals surface area contributed by atoms with Crippen molar-refractivity contribution in [2.75, 3.05) is 0 Å². The Balaban J connectivity index is 0.000000550. The highest BCUT2D eigenvalue weighted by Gasteiger charge is 2.52. The molecule has 2 aliphatic heterocycles. The Morgan fingerprint density at radius 1 is 0.495 bits per heavy atom. The van der Waals surface area contributed by atoms with Crippen molar-refractivity contribution in [3.8, 4) is 0 Å². The van der Waals surface area contributed by atoms with Crippen LogP contribution in [0.3, 0.4) is 0 Å². The molecule has 2 saturated heterocycles. The van der Waals surface area contributed by atoms with Crippen LogP contribution in [0, 0.1) is 37.7 Å². The van der Waals surface area contributed by atoms with Crippen molar-refractivity contribution in [3.63, 3.8) is 0 Å². The van der Waals surface area contributed by atoms with Gasteiger partial charge in [-0.2, -0.15) is 0 Å². The van der Waals surface area contributed by atoms with Gasteiger partial charge in [-0.3, -0.25) is 0 Å². The summed E-state index contributed by atoms with van der Waals surface area (Å²) in [6.07, 6.45) is 3.21. The van der Waals surface area contributed by atoms with Gasteiger partial charge in [0.25, 0.3) is 5.79 Å². The number of hydrogen-bond donors (Lipinski definition) is 2. The third-order valence-electron chi connectivity index (χ3n) is 13.2. The highest BCUT2D eigenvalue weighted by atomic mass is 127. The first-order chi connectivity index (χ1) is 44.7. The molecule has 97 heavy (non-hydrogen) atoms. The minimum atomic E-state index is -4.27. The zero-order valence-corrected chi connectivity index (χ0v) is 71.4. The Morgan fingerprint density at radius 2 is 0.814 bits per heavy atom. The Morgan fingerprint density at radius 3 is 1.07 bits per heavy atom. The van der Waals surface area contributed by atoms with Gasteiger partial charge in [0, 0.05) is 22.8 Å². The number of ether oxygens (including phenoxy) is 2. The number of carbonyl (C=O) groups excluding carboxylic acids is 2. The van der Waals surface area contributed by atoms with Crippen LogP contribution in [-0.4, -0.2) is 111 Å². The van der Waals surface area contributed by atoms with E-state index >= 15 is 0 Å². The lowest BCUT2D eigenvalue weighted by Crippen LogP contribution is -3.64. The van der Waals surface area contributed by atoms with Crippen molar-refractivity contribution >= 4 is 92.1 Å². The standard InChI is InChI=1S/C11H15IO4.C10H14I.C9H19BO2.C9H12I.C7H10IS.3C7H8O3S.C3H9BO2/c1-7(2)12-8-9(13)15-11(16-10(8)14)5-3-4-6-11;1-8(2)11-10-6-4-9(3)5-7-10;1-7(2)10-11-8(3,4)9(5,6)12-10;1-8(2)10-9-6-4-3-5-7-9;1-6(2)8-7-4-3-5-9-7;3*1-6-2-4-7(5-3-6)11(8,9)10;1-3(2)4(5)6/h7H,3-6H2,1-2H3;4-8H,1-3H3;7H,1-6H3;3-8H,1-2H3;3-6H,1-2H3;3*2-5H,1H3,(H,8,9,10);3,5-6H,1-2H3/q;+1;;2*+1;;;;/p-3. The molecule has 5 aromatic carbocycles. The Hall–Kier alpha value is -2.77. The Bertz CT molecular complexity index is 3390. The van der Waals surface area contributed by atoms with Gasteiger partial charge in [-0.25, -0.2) is 34.8 Å². The van der Waals surface area contributed by atoms with Gasteiger partial charge in [0.2, 0.25) is 2.88 Å². The molecular formula is C70H100B2I4O17S4. The summed E-state index contributed by atoms with van der Waals surface area (Å²) in [5, 5.41) is 18.5. The van der Waals surface area contributed by atoms with Crippen LogP contribution in [0.4, 0.5) is 0 Å². The van der Waals surface area contributed by atoms with E-state index in [-0.39, 0.29) is 84.7 Å². The monoisotopic (exact) mass is 1870 g/mol. The van der Waals surface area contributed by atoms with E-state index in [0.29, 0.717) is 43.8 Å². The smallest absolute Gasteiger partial charge is 0.460 e. The van der Waals surface area contributed by atoms with Crippen molar-refractivity contribution in [1.82, 2.24) is 0 Å². The van der Waals surface area contributed by atoms with Crippen LogP contribution in [0.15, 0.2) is 160 Å². The number of thiophene rings is 1. The predicted molar refractivity (Wildman–Crippen MR) is 385 cm³/mol. The van der Waals surface area contributed by atoms with Crippen LogP contribution in [0.25, 0.3) is 0 Å². The second-order valence-corrected chi connectivity index (χ2v) is 48.0. The average molecular weight is 1870 g/mol. The number of alkyl halides is 4. The predicted octanol–water partition coefficient (Wildman–Crippen LogP) is 5.39. The quantitative estimate of drug-likeness (QED) is 0.0510. The maximum atomic E-state index is 11.8. The molecule has 0 amide bonds. The van der Waals surface area contributed by atoms with E-state index in [1.54, 1.807) is 60.3 Å². The molecule has 540 valence electrons. The van der Waals surface area contributed by atoms with Gasteiger partial charge >= 0.3 is 89.8 Å². The minimum absolute atomic E-state index is 0.0370. The molecule has 0 radical (unpaired) electrons. The lowest BCUT2D eigenvalue weighted by atomic mass is 9.75.